The van der Waals surface area contributed by atoms with E-state index in [9.17, 15) is 4.79 Å². The molecule has 0 aliphatic rings. The van der Waals surface area contributed by atoms with Crippen LogP contribution in [0, 0.1) is 6.92 Å². The van der Waals surface area contributed by atoms with Crippen molar-refractivity contribution in [3.8, 4) is 6.08 Å². The molecule has 0 unspecified atom stereocenters. The predicted molar refractivity (Wildman–Crippen MR) is 101 cm³/mol. The van der Waals surface area contributed by atoms with Crippen LogP contribution in [0.4, 0.5) is 0 Å². The summed E-state index contributed by atoms with van der Waals surface area (Å²) in [6.45, 7) is 6.20. The number of aliphatic carboxylic acids is 1. The lowest BCUT2D eigenvalue weighted by molar-refractivity contribution is -0.139. The van der Waals surface area contributed by atoms with E-state index in [0.717, 1.165) is 5.56 Å². The fraction of sp³-hybridized carbons (Fsp3) is 0.300. The van der Waals surface area contributed by atoms with Gasteiger partial charge >= 0.3 is 12.0 Å². The molecule has 27 heavy (non-hydrogen) atoms. The number of hydrogen-bond acceptors (Lipinski definition) is 6. The number of hydrogen-bond donors (Lipinski definition) is 2. The van der Waals surface area contributed by atoms with E-state index >= 15 is 0 Å². The highest BCUT2D eigenvalue weighted by Crippen LogP contribution is 2.21. The van der Waals surface area contributed by atoms with Crippen LogP contribution >= 0.6 is 0 Å². The van der Waals surface area contributed by atoms with Crippen molar-refractivity contribution in [1.29, 1.82) is 0 Å². The molecule has 7 heteroatoms. The Morgan fingerprint density at radius 3 is 2.63 bits per heavy atom. The molecule has 0 fully saturated rings. The third-order valence-electron chi connectivity index (χ3n) is 3.24. The van der Waals surface area contributed by atoms with E-state index in [1.165, 1.54) is 5.56 Å². The second-order valence-corrected chi connectivity index (χ2v) is 6.18. The van der Waals surface area contributed by atoms with E-state index in [1.807, 2.05) is 63.2 Å². The molecule has 0 amide bonds. The summed E-state index contributed by atoms with van der Waals surface area (Å²) in [5.41, 5.74) is 6.38. The second kappa shape index (κ2) is 10.3. The first kappa shape index (κ1) is 20.4. The highest BCUT2D eigenvalue weighted by atomic mass is 16.6. The van der Waals surface area contributed by atoms with Crippen LogP contribution in [0.2, 0.25) is 0 Å². The van der Waals surface area contributed by atoms with E-state index in [0.29, 0.717) is 23.7 Å². The fourth-order valence-corrected chi connectivity index (χ4v) is 2.07. The Balaban J connectivity index is 0.000000199. The zero-order valence-corrected chi connectivity index (χ0v) is 15.6. The lowest BCUT2D eigenvalue weighted by Gasteiger charge is -2.07. The van der Waals surface area contributed by atoms with Gasteiger partial charge in [0.2, 0.25) is 0 Å². The first-order valence-corrected chi connectivity index (χ1v) is 8.57. The van der Waals surface area contributed by atoms with Crippen LogP contribution in [-0.2, 0) is 16.2 Å². The summed E-state index contributed by atoms with van der Waals surface area (Å²) >= 11 is 0. The third-order valence-corrected chi connectivity index (χ3v) is 3.24. The third kappa shape index (κ3) is 7.47. The van der Waals surface area contributed by atoms with E-state index in [1.54, 1.807) is 6.07 Å². The number of nitrogens with one attached hydrogen (secondary N) is 1. The summed E-state index contributed by atoms with van der Waals surface area (Å²) in [4.78, 5) is 19.5. The molecule has 0 saturated carbocycles. The highest BCUT2D eigenvalue weighted by molar-refractivity contribution is 5.74. The number of carboxylic acid groups (broad SMARTS) is 1. The molecule has 1 aromatic heterocycles. The maximum atomic E-state index is 10.2. The highest BCUT2D eigenvalue weighted by Gasteiger charge is 2.08. The van der Waals surface area contributed by atoms with Crippen molar-refractivity contribution in [2.75, 3.05) is 6.61 Å². The van der Waals surface area contributed by atoms with E-state index in [-0.39, 0.29) is 6.08 Å². The summed E-state index contributed by atoms with van der Waals surface area (Å²) in [5.74, 6) is -1.06. The van der Waals surface area contributed by atoms with Gasteiger partial charge in [-0.1, -0.05) is 36.4 Å². The van der Waals surface area contributed by atoms with Crippen molar-refractivity contribution in [3.05, 3.63) is 59.7 Å². The molecule has 3 aromatic rings. The van der Waals surface area contributed by atoms with Gasteiger partial charge in [0.1, 0.15) is 5.52 Å². The Bertz CT molecular complexity index is 846. The Kier molecular flexibility index (Phi) is 7.79. The Hall–Kier alpha value is -2.90. The quantitative estimate of drug-likeness (QED) is 0.611. The molecule has 0 bridgehead atoms. The number of fused-ring (bicyclic) bond motifs is 1. The van der Waals surface area contributed by atoms with Gasteiger partial charge in [0, 0.05) is 6.04 Å². The van der Waals surface area contributed by atoms with Crippen LogP contribution in [0.3, 0.4) is 0 Å². The van der Waals surface area contributed by atoms with Crippen LogP contribution in [-0.4, -0.2) is 28.7 Å². The predicted octanol–water partition coefficient (Wildman–Crippen LogP) is 3.72. The minimum absolute atomic E-state index is 0.0157. The standard InChI is InChI=1S/C10H9NO4.C10H15NO/c1-6-2-3-8-7(4-6)11-10(15-8)14-5-9(12)13;1-9(2)11-12-8-10-6-4-3-5-7-10/h2-4H,5H2,1H3,(H,12,13);3-7,9,11H,8H2,1-2H3. The Morgan fingerprint density at radius 1 is 1.22 bits per heavy atom. The Morgan fingerprint density at radius 2 is 1.96 bits per heavy atom. The van der Waals surface area contributed by atoms with Gasteiger partial charge in [0.25, 0.3) is 0 Å². The van der Waals surface area contributed by atoms with Gasteiger partial charge in [-0.15, -0.1) is 0 Å². The van der Waals surface area contributed by atoms with Gasteiger partial charge in [0.05, 0.1) is 6.61 Å². The van der Waals surface area contributed by atoms with Gasteiger partial charge in [0.15, 0.2) is 12.2 Å². The summed E-state index contributed by atoms with van der Waals surface area (Å²) in [5, 5.41) is 8.40. The number of aromatic nitrogens is 1. The van der Waals surface area contributed by atoms with Crippen molar-refractivity contribution < 1.29 is 23.9 Å². The molecule has 0 aliphatic heterocycles. The van der Waals surface area contributed by atoms with Crippen molar-refractivity contribution >= 4 is 17.1 Å². The average Bonchev–Trinajstić information content (AvgIpc) is 3.03. The molecule has 0 atom stereocenters. The molecule has 2 N–H and O–H groups in total. The van der Waals surface area contributed by atoms with E-state index in [4.69, 9.17) is 19.1 Å². The first-order valence-electron chi connectivity index (χ1n) is 8.57. The van der Waals surface area contributed by atoms with Gasteiger partial charge in [-0.3, -0.25) is 4.84 Å². The van der Waals surface area contributed by atoms with Crippen LogP contribution < -0.4 is 10.2 Å². The summed E-state index contributed by atoms with van der Waals surface area (Å²) in [6.07, 6.45) is -0.0157. The smallest absolute Gasteiger partial charge is 0.395 e. The average molecular weight is 372 g/mol. The summed E-state index contributed by atoms with van der Waals surface area (Å²) in [6, 6.07) is 16.0. The van der Waals surface area contributed by atoms with E-state index < -0.39 is 12.6 Å². The lowest BCUT2D eigenvalue weighted by atomic mass is 10.2. The monoisotopic (exact) mass is 372 g/mol. The maximum absolute atomic E-state index is 10.2. The van der Waals surface area contributed by atoms with Crippen molar-refractivity contribution in [2.24, 2.45) is 0 Å². The van der Waals surface area contributed by atoms with Gasteiger partial charge < -0.3 is 14.3 Å². The summed E-state index contributed by atoms with van der Waals surface area (Å²) in [7, 11) is 0. The van der Waals surface area contributed by atoms with Crippen molar-refractivity contribution in [1.82, 2.24) is 10.5 Å². The number of hydroxylamine groups is 1. The SMILES string of the molecule is CC(C)NOCc1ccccc1.Cc1ccc2oc(OCC(=O)O)nc2c1. The molecule has 2 aromatic carbocycles. The fourth-order valence-electron chi connectivity index (χ4n) is 2.07. The van der Waals surface area contributed by atoms with Gasteiger partial charge in [-0.05, 0) is 44.0 Å². The number of benzene rings is 2. The number of rotatable bonds is 7. The molecular formula is C20H24N2O5. The minimum Gasteiger partial charge on any atom is -0.479 e. The number of aryl methyl sites for hydroxylation is 1. The number of ether oxygens (including phenoxy) is 1. The number of nitrogens with zero attached hydrogens (tertiary/aromatic N) is 1. The second-order valence-electron chi connectivity index (χ2n) is 6.18. The maximum Gasteiger partial charge on any atom is 0.395 e. The molecular weight excluding hydrogens is 348 g/mol. The molecule has 1 heterocycles. The van der Waals surface area contributed by atoms with Crippen LogP contribution in [0.15, 0.2) is 52.9 Å². The molecule has 0 saturated heterocycles. The largest absolute Gasteiger partial charge is 0.479 e. The van der Waals surface area contributed by atoms with E-state index in [2.05, 4.69) is 10.5 Å². The zero-order valence-electron chi connectivity index (χ0n) is 15.6. The number of carbonyl (C=O) groups is 1. The Labute approximate surface area is 157 Å². The van der Waals surface area contributed by atoms with Gasteiger partial charge in [-0.25, -0.2) is 4.79 Å². The molecule has 7 nitrogen and oxygen atoms in total. The normalized spacial score (nSPS) is 10.5. The van der Waals surface area contributed by atoms with Crippen LogP contribution in [0.5, 0.6) is 6.08 Å². The zero-order chi connectivity index (χ0) is 19.6. The van der Waals surface area contributed by atoms with Crippen molar-refractivity contribution in [2.45, 2.75) is 33.4 Å². The van der Waals surface area contributed by atoms with Gasteiger partial charge in [-0.2, -0.15) is 10.5 Å². The molecule has 0 aliphatic carbocycles. The van der Waals surface area contributed by atoms with Crippen LogP contribution in [0.1, 0.15) is 25.0 Å². The first-order chi connectivity index (χ1) is 12.9. The van der Waals surface area contributed by atoms with Crippen LogP contribution in [0.25, 0.3) is 11.1 Å². The molecule has 0 spiro atoms. The topological polar surface area (TPSA) is 93.8 Å². The molecule has 3 rings (SSSR count). The lowest BCUT2D eigenvalue weighted by Crippen LogP contribution is -2.22. The summed E-state index contributed by atoms with van der Waals surface area (Å²) < 4.78 is 9.99. The number of carboxylic acids is 1. The minimum atomic E-state index is -1.06. The number of oxazole rings is 1. The molecule has 0 radical (unpaired) electrons. The molecule has 144 valence electrons. The van der Waals surface area contributed by atoms with Crippen molar-refractivity contribution in [3.63, 3.8) is 0 Å².